The van der Waals surface area contributed by atoms with E-state index in [-0.39, 0.29) is 24.1 Å². The molecule has 0 aromatic carbocycles. The summed E-state index contributed by atoms with van der Waals surface area (Å²) < 4.78 is 0.764. The second kappa shape index (κ2) is 30.7. The van der Waals surface area contributed by atoms with Crippen LogP contribution in [0, 0.1) is 0 Å². The zero-order chi connectivity index (χ0) is 33.4. The minimum absolute atomic E-state index is 0.0496. The van der Waals surface area contributed by atoms with Gasteiger partial charge in [-0.1, -0.05) is 117 Å². The molecule has 0 saturated heterocycles. The van der Waals surface area contributed by atoms with Gasteiger partial charge in [0.2, 0.25) is 17.7 Å². The predicted molar refractivity (Wildman–Crippen MR) is 188 cm³/mol. The zero-order valence-corrected chi connectivity index (χ0v) is 30.0. The zero-order valence-electron chi connectivity index (χ0n) is 30.0. The van der Waals surface area contributed by atoms with Gasteiger partial charge in [0, 0.05) is 25.9 Å². The van der Waals surface area contributed by atoms with E-state index in [2.05, 4.69) is 43.9 Å². The van der Waals surface area contributed by atoms with Crippen LogP contribution in [0.4, 0.5) is 0 Å². The molecule has 0 fully saturated rings. The van der Waals surface area contributed by atoms with Crippen LogP contribution in [0.5, 0.6) is 0 Å². The Balaban J connectivity index is 4.37. The van der Waals surface area contributed by atoms with Gasteiger partial charge in [-0.15, -0.1) is 0 Å². The molecule has 0 heterocycles. The van der Waals surface area contributed by atoms with E-state index in [4.69, 9.17) is 0 Å². The molecule has 264 valence electrons. The Kier molecular flexibility index (Phi) is 29.3. The van der Waals surface area contributed by atoms with Crippen LogP contribution in [-0.2, 0) is 19.2 Å². The minimum Gasteiger partial charge on any atom is -0.356 e. The Hall–Kier alpha value is -1.96. The molecule has 8 heteroatoms. The molecule has 0 aliphatic rings. The molecule has 0 aromatic rings. The van der Waals surface area contributed by atoms with Gasteiger partial charge in [0.05, 0.1) is 20.6 Å². The van der Waals surface area contributed by atoms with Crippen LogP contribution >= 0.6 is 0 Å². The first-order valence-electron chi connectivity index (χ1n) is 18.8. The molecule has 1 atom stereocenters. The molecule has 0 bridgehead atoms. The van der Waals surface area contributed by atoms with E-state index in [1.807, 2.05) is 0 Å². The topological polar surface area (TPSA) is 104 Å². The number of aldehydes is 1. The first kappa shape index (κ1) is 43.0. The third-order valence-electron chi connectivity index (χ3n) is 8.73. The number of amides is 3. The molecule has 8 nitrogen and oxygen atoms in total. The van der Waals surface area contributed by atoms with Gasteiger partial charge in [0.15, 0.2) is 6.29 Å². The summed E-state index contributed by atoms with van der Waals surface area (Å²) in [7, 11) is 4.20. The number of hydrogen-bond acceptors (Lipinski definition) is 4. The lowest BCUT2D eigenvalue weighted by Gasteiger charge is -2.27. The number of quaternary nitrogens is 1. The average Bonchev–Trinajstić information content (AvgIpc) is 3.00. The Bertz CT molecular complexity index is 744. The number of likely N-dealkylation sites (N-methyl/N-ethyl adjacent to an activating group) is 1. The van der Waals surface area contributed by atoms with E-state index in [0.717, 1.165) is 68.7 Å². The highest BCUT2D eigenvalue weighted by Gasteiger charge is 2.21. The van der Waals surface area contributed by atoms with Gasteiger partial charge in [-0.05, 0) is 38.5 Å². The monoisotopic (exact) mass is 638 g/mol. The van der Waals surface area contributed by atoms with Crippen molar-refractivity contribution in [2.45, 2.75) is 174 Å². The van der Waals surface area contributed by atoms with Crippen molar-refractivity contribution in [2.75, 3.05) is 40.3 Å². The summed E-state index contributed by atoms with van der Waals surface area (Å²) in [6, 6.07) is -0.669. The number of carbonyl (C=O) groups is 4. The Morgan fingerprint density at radius 3 is 1.58 bits per heavy atom. The molecule has 3 N–H and O–H groups in total. The van der Waals surface area contributed by atoms with Gasteiger partial charge in [0.25, 0.3) is 0 Å². The molecule has 0 aliphatic carbocycles. The second-order valence-corrected chi connectivity index (χ2v) is 13.8. The number of nitrogens with zero attached hydrogens (tertiary/aromatic N) is 1. The molecule has 0 rings (SSSR count). The lowest BCUT2D eigenvalue weighted by molar-refractivity contribution is -0.881. The molecule has 1 unspecified atom stereocenters. The van der Waals surface area contributed by atoms with Gasteiger partial charge in [-0.2, -0.15) is 0 Å². The van der Waals surface area contributed by atoms with Gasteiger partial charge >= 0.3 is 0 Å². The van der Waals surface area contributed by atoms with Gasteiger partial charge in [-0.25, -0.2) is 0 Å². The standard InChI is InChI=1S/C37H72N4O4/c1-5-7-9-11-16-20-24-30-39-37(45)34(27-28-35(43)38-29-23-19-12-10-8-6-2)40-36(44)26-22-18-15-13-14-17-21-25-31-41(3,4)32-33-42/h33-34H,5-32H2,1-4H3,(H2-,38,39,40,43,44,45)/p+1. The van der Waals surface area contributed by atoms with Crippen molar-refractivity contribution >= 4 is 24.0 Å². The van der Waals surface area contributed by atoms with Crippen molar-refractivity contribution in [3.63, 3.8) is 0 Å². The van der Waals surface area contributed by atoms with Crippen LogP contribution in [0.2, 0.25) is 0 Å². The van der Waals surface area contributed by atoms with Crippen LogP contribution in [0.25, 0.3) is 0 Å². The summed E-state index contributed by atoms with van der Waals surface area (Å²) >= 11 is 0. The first-order valence-corrected chi connectivity index (χ1v) is 18.8. The van der Waals surface area contributed by atoms with Crippen molar-refractivity contribution < 1.29 is 23.7 Å². The van der Waals surface area contributed by atoms with Crippen LogP contribution in [-0.4, -0.2) is 74.8 Å². The SMILES string of the molecule is CCCCCCCCCNC(=O)C(CCC(=O)NCCCCCCCC)NC(=O)CCCCCCCCCC[N+](C)(C)CC=O. The minimum atomic E-state index is -0.669. The fraction of sp³-hybridized carbons (Fsp3) is 0.892. The third-order valence-corrected chi connectivity index (χ3v) is 8.73. The first-order chi connectivity index (χ1) is 21.8. The molecule has 3 amide bonds. The largest absolute Gasteiger partial charge is 0.356 e. The van der Waals surface area contributed by atoms with Gasteiger partial charge < -0.3 is 20.4 Å². The van der Waals surface area contributed by atoms with Crippen molar-refractivity contribution in [3.8, 4) is 0 Å². The van der Waals surface area contributed by atoms with E-state index in [1.165, 1.54) is 83.5 Å². The van der Waals surface area contributed by atoms with Gasteiger partial charge in [0.1, 0.15) is 12.6 Å². The number of hydrogen-bond donors (Lipinski definition) is 3. The molecule has 45 heavy (non-hydrogen) atoms. The van der Waals surface area contributed by atoms with Crippen LogP contribution in [0.1, 0.15) is 168 Å². The molecular formula is C37H73N4O4+. The maximum absolute atomic E-state index is 13.0. The van der Waals surface area contributed by atoms with Crippen LogP contribution < -0.4 is 16.0 Å². The number of carbonyl (C=O) groups excluding carboxylic acids is 4. The third kappa shape index (κ3) is 29.2. The normalized spacial score (nSPS) is 12.1. The second-order valence-electron chi connectivity index (χ2n) is 13.8. The smallest absolute Gasteiger partial charge is 0.242 e. The highest BCUT2D eigenvalue weighted by Crippen LogP contribution is 2.12. The van der Waals surface area contributed by atoms with E-state index < -0.39 is 6.04 Å². The summed E-state index contributed by atoms with van der Waals surface area (Å²) in [5.41, 5.74) is 0. The maximum atomic E-state index is 13.0. The molecule has 0 spiro atoms. The Morgan fingerprint density at radius 1 is 0.578 bits per heavy atom. The number of nitrogens with one attached hydrogen (secondary N) is 3. The summed E-state index contributed by atoms with van der Waals surface area (Å²) in [6.07, 6.45) is 26.2. The molecule has 0 saturated carbocycles. The highest BCUT2D eigenvalue weighted by molar-refractivity contribution is 5.88. The van der Waals surface area contributed by atoms with E-state index in [0.29, 0.717) is 32.5 Å². The Labute approximate surface area is 277 Å². The van der Waals surface area contributed by atoms with Crippen molar-refractivity contribution in [1.82, 2.24) is 16.0 Å². The molecule has 0 aliphatic heterocycles. The van der Waals surface area contributed by atoms with Crippen LogP contribution in [0.3, 0.4) is 0 Å². The highest BCUT2D eigenvalue weighted by atomic mass is 16.2. The number of unbranched alkanes of at least 4 members (excludes halogenated alkanes) is 18. The summed E-state index contributed by atoms with van der Waals surface area (Å²) in [4.78, 5) is 48.9. The van der Waals surface area contributed by atoms with Crippen LogP contribution in [0.15, 0.2) is 0 Å². The van der Waals surface area contributed by atoms with Gasteiger partial charge in [-0.3, -0.25) is 19.2 Å². The van der Waals surface area contributed by atoms with E-state index in [1.54, 1.807) is 0 Å². The van der Waals surface area contributed by atoms with E-state index in [9.17, 15) is 19.2 Å². The Morgan fingerprint density at radius 2 is 1.04 bits per heavy atom. The fourth-order valence-electron chi connectivity index (χ4n) is 5.63. The predicted octanol–water partition coefficient (Wildman–Crippen LogP) is 7.38. The van der Waals surface area contributed by atoms with Crippen molar-refractivity contribution in [3.05, 3.63) is 0 Å². The molecule has 0 aromatic heterocycles. The summed E-state index contributed by atoms with van der Waals surface area (Å²) in [5.74, 6) is -0.326. The fourth-order valence-corrected chi connectivity index (χ4v) is 5.63. The van der Waals surface area contributed by atoms with E-state index >= 15 is 0 Å². The molecule has 0 radical (unpaired) electrons. The maximum Gasteiger partial charge on any atom is 0.242 e. The lowest BCUT2D eigenvalue weighted by Crippen LogP contribution is -2.47. The van der Waals surface area contributed by atoms with Crippen molar-refractivity contribution in [2.24, 2.45) is 0 Å². The average molecular weight is 638 g/mol. The summed E-state index contributed by atoms with van der Waals surface area (Å²) in [5, 5.41) is 8.93. The number of rotatable bonds is 33. The molecular weight excluding hydrogens is 564 g/mol. The quantitative estimate of drug-likeness (QED) is 0.0397. The lowest BCUT2D eigenvalue weighted by atomic mass is 10.1. The summed E-state index contributed by atoms with van der Waals surface area (Å²) in [6.45, 7) is 7.32. The van der Waals surface area contributed by atoms with Crippen molar-refractivity contribution in [1.29, 1.82) is 0 Å².